The molecule has 0 fully saturated rings. The lowest BCUT2D eigenvalue weighted by atomic mass is 10.1. The Kier molecular flexibility index (Phi) is 5.67. The minimum absolute atomic E-state index is 0.0727. The summed E-state index contributed by atoms with van der Waals surface area (Å²) in [6.07, 6.45) is 0.879. The van der Waals surface area contributed by atoms with E-state index in [0.717, 1.165) is 22.6 Å². The maximum absolute atomic E-state index is 12.6. The fourth-order valence-corrected chi connectivity index (χ4v) is 3.84. The van der Waals surface area contributed by atoms with Gasteiger partial charge in [-0.05, 0) is 44.0 Å². The molecule has 4 nitrogen and oxygen atoms in total. The number of thioether (sulfide) groups is 1. The van der Waals surface area contributed by atoms with Crippen LogP contribution < -0.4 is 10.2 Å². The van der Waals surface area contributed by atoms with Crippen LogP contribution in [0.2, 0.25) is 0 Å². The fraction of sp³-hybridized carbons (Fsp3) is 0.333. The van der Waals surface area contributed by atoms with Gasteiger partial charge in [-0.3, -0.25) is 9.59 Å². The number of hydrogen-bond donors (Lipinski definition) is 1. The first kappa shape index (κ1) is 18.5. The number of rotatable bonds is 5. The van der Waals surface area contributed by atoms with Gasteiger partial charge in [0.05, 0.1) is 18.0 Å². The molecule has 0 saturated carbocycles. The number of hydrogen-bond acceptors (Lipinski definition) is 3. The van der Waals surface area contributed by atoms with E-state index in [2.05, 4.69) is 11.4 Å². The van der Waals surface area contributed by atoms with E-state index in [1.54, 1.807) is 4.90 Å². The van der Waals surface area contributed by atoms with Crippen molar-refractivity contribution in [2.24, 2.45) is 0 Å². The molecule has 0 radical (unpaired) electrons. The lowest BCUT2D eigenvalue weighted by molar-refractivity contribution is -0.116. The molecule has 1 N–H and O–H groups in total. The van der Waals surface area contributed by atoms with Crippen LogP contribution in [0, 0.1) is 6.92 Å². The van der Waals surface area contributed by atoms with E-state index < -0.39 is 0 Å². The van der Waals surface area contributed by atoms with Gasteiger partial charge in [0, 0.05) is 16.5 Å². The lowest BCUT2D eigenvalue weighted by Crippen LogP contribution is -2.36. The lowest BCUT2D eigenvalue weighted by Gasteiger charge is -2.29. The monoisotopic (exact) mass is 368 g/mol. The topological polar surface area (TPSA) is 49.4 Å². The van der Waals surface area contributed by atoms with Gasteiger partial charge in [-0.25, -0.2) is 0 Å². The van der Waals surface area contributed by atoms with Crippen molar-refractivity contribution in [2.75, 3.05) is 10.7 Å². The van der Waals surface area contributed by atoms with Gasteiger partial charge >= 0.3 is 0 Å². The highest BCUT2D eigenvalue weighted by molar-refractivity contribution is 8.00. The van der Waals surface area contributed by atoms with Gasteiger partial charge in [-0.2, -0.15) is 0 Å². The summed E-state index contributed by atoms with van der Waals surface area (Å²) in [6.45, 7) is 6.59. The van der Waals surface area contributed by atoms with Crippen LogP contribution in [0.3, 0.4) is 0 Å². The van der Waals surface area contributed by atoms with Gasteiger partial charge in [0.25, 0.3) is 5.91 Å². The Bertz CT molecular complexity index is 835. The highest BCUT2D eigenvalue weighted by Crippen LogP contribution is 2.37. The Labute approximate surface area is 159 Å². The van der Waals surface area contributed by atoms with Crippen molar-refractivity contribution in [2.45, 2.75) is 44.7 Å². The second-order valence-electron chi connectivity index (χ2n) is 6.72. The zero-order valence-electron chi connectivity index (χ0n) is 15.4. The van der Waals surface area contributed by atoms with Crippen LogP contribution in [-0.4, -0.2) is 23.6 Å². The van der Waals surface area contributed by atoms with E-state index in [0.29, 0.717) is 17.9 Å². The predicted molar refractivity (Wildman–Crippen MR) is 107 cm³/mol. The number of fused-ring (bicyclic) bond motifs is 1. The van der Waals surface area contributed by atoms with Crippen LogP contribution in [-0.2, 0) is 11.3 Å². The molecule has 26 heavy (non-hydrogen) atoms. The molecule has 0 spiro atoms. The molecule has 1 unspecified atom stereocenters. The number of aryl methyl sites for hydroxylation is 1. The average Bonchev–Trinajstić information content (AvgIpc) is 2.63. The minimum Gasteiger partial charge on any atom is -0.350 e. The van der Waals surface area contributed by atoms with Crippen molar-refractivity contribution in [1.29, 1.82) is 0 Å². The highest BCUT2D eigenvalue weighted by atomic mass is 32.2. The summed E-state index contributed by atoms with van der Waals surface area (Å²) in [5.74, 6) is 0.404. The minimum atomic E-state index is -0.0966. The van der Waals surface area contributed by atoms with Crippen molar-refractivity contribution in [3.8, 4) is 0 Å². The molecule has 5 heteroatoms. The summed E-state index contributed by atoms with van der Waals surface area (Å²) in [7, 11) is 0. The first-order chi connectivity index (χ1) is 12.5. The van der Waals surface area contributed by atoms with E-state index in [4.69, 9.17) is 0 Å². The van der Waals surface area contributed by atoms with Gasteiger partial charge in [0.2, 0.25) is 5.91 Å². The van der Waals surface area contributed by atoms with Crippen molar-refractivity contribution >= 4 is 29.3 Å². The highest BCUT2D eigenvalue weighted by Gasteiger charge is 2.26. The summed E-state index contributed by atoms with van der Waals surface area (Å²) in [5, 5.41) is 2.99. The number of amides is 2. The zero-order chi connectivity index (χ0) is 18.7. The Hall–Kier alpha value is -2.27. The van der Waals surface area contributed by atoms with Crippen molar-refractivity contribution < 1.29 is 9.59 Å². The molecule has 2 aromatic rings. The third-order valence-corrected chi connectivity index (χ3v) is 5.62. The third kappa shape index (κ3) is 4.10. The van der Waals surface area contributed by atoms with Gasteiger partial charge < -0.3 is 10.2 Å². The van der Waals surface area contributed by atoms with Crippen LogP contribution in [0.15, 0.2) is 47.4 Å². The van der Waals surface area contributed by atoms with Crippen LogP contribution >= 0.6 is 11.8 Å². The summed E-state index contributed by atoms with van der Waals surface area (Å²) >= 11 is 1.53. The predicted octanol–water partition coefficient (Wildman–Crippen LogP) is 4.16. The first-order valence-corrected chi connectivity index (χ1v) is 9.90. The van der Waals surface area contributed by atoms with Crippen LogP contribution in [0.4, 0.5) is 5.69 Å². The van der Waals surface area contributed by atoms with E-state index in [9.17, 15) is 9.59 Å². The standard InChI is InChI=1S/C21H24N2O2S/c1-4-15(3)22-21(25)17-8-9-19-18(11-17)23(20(24)13-26-19)12-16-7-5-6-14(2)10-16/h5-11,15H,4,12-13H2,1-3H3,(H,22,25). The number of nitrogens with one attached hydrogen (secondary N) is 1. The van der Waals surface area contributed by atoms with E-state index >= 15 is 0 Å². The molecular formula is C21H24N2O2S. The van der Waals surface area contributed by atoms with Crippen LogP contribution in [0.1, 0.15) is 41.8 Å². The summed E-state index contributed by atoms with van der Waals surface area (Å²) in [6, 6.07) is 13.9. The summed E-state index contributed by atoms with van der Waals surface area (Å²) < 4.78 is 0. The van der Waals surface area contributed by atoms with Crippen LogP contribution in [0.5, 0.6) is 0 Å². The third-order valence-electron chi connectivity index (χ3n) is 4.58. The maximum Gasteiger partial charge on any atom is 0.251 e. The van der Waals surface area contributed by atoms with E-state index in [1.807, 2.05) is 57.2 Å². The fourth-order valence-electron chi connectivity index (χ4n) is 2.92. The molecule has 1 aliphatic rings. The number of nitrogens with zero attached hydrogens (tertiary/aromatic N) is 1. The molecule has 3 rings (SSSR count). The smallest absolute Gasteiger partial charge is 0.251 e. The Morgan fingerprint density at radius 2 is 2.08 bits per heavy atom. The largest absolute Gasteiger partial charge is 0.350 e. The molecule has 0 bridgehead atoms. The molecule has 0 aliphatic carbocycles. The van der Waals surface area contributed by atoms with Gasteiger partial charge in [-0.15, -0.1) is 11.8 Å². The van der Waals surface area contributed by atoms with Gasteiger partial charge in [0.1, 0.15) is 0 Å². The molecule has 0 saturated heterocycles. The Balaban J connectivity index is 1.90. The molecule has 1 aliphatic heterocycles. The van der Waals surface area contributed by atoms with E-state index in [1.165, 1.54) is 17.3 Å². The molecule has 1 atom stereocenters. The maximum atomic E-state index is 12.6. The Morgan fingerprint density at radius 1 is 1.27 bits per heavy atom. The van der Waals surface area contributed by atoms with E-state index in [-0.39, 0.29) is 17.9 Å². The second kappa shape index (κ2) is 7.96. The van der Waals surface area contributed by atoms with Crippen LogP contribution in [0.25, 0.3) is 0 Å². The molecule has 2 amide bonds. The first-order valence-electron chi connectivity index (χ1n) is 8.91. The second-order valence-corrected chi connectivity index (χ2v) is 7.74. The van der Waals surface area contributed by atoms with Crippen molar-refractivity contribution in [3.05, 3.63) is 59.2 Å². The number of benzene rings is 2. The normalized spacial score (nSPS) is 14.7. The Morgan fingerprint density at radius 3 is 2.81 bits per heavy atom. The quantitative estimate of drug-likeness (QED) is 0.862. The van der Waals surface area contributed by atoms with Gasteiger partial charge in [-0.1, -0.05) is 36.8 Å². The zero-order valence-corrected chi connectivity index (χ0v) is 16.2. The molecular weight excluding hydrogens is 344 g/mol. The van der Waals surface area contributed by atoms with Gasteiger partial charge in [0.15, 0.2) is 0 Å². The molecule has 0 aromatic heterocycles. The molecule has 1 heterocycles. The van der Waals surface area contributed by atoms with Crippen molar-refractivity contribution in [3.63, 3.8) is 0 Å². The molecule has 2 aromatic carbocycles. The summed E-state index contributed by atoms with van der Waals surface area (Å²) in [5.41, 5.74) is 3.67. The average molecular weight is 369 g/mol. The van der Waals surface area contributed by atoms with Crippen molar-refractivity contribution in [1.82, 2.24) is 5.32 Å². The number of carbonyl (C=O) groups excluding carboxylic acids is 2. The summed E-state index contributed by atoms with van der Waals surface area (Å²) in [4.78, 5) is 27.9. The molecule has 136 valence electrons. The SMILES string of the molecule is CCC(C)NC(=O)c1ccc2c(c1)N(Cc1cccc(C)c1)C(=O)CS2. The number of anilines is 1. The number of carbonyl (C=O) groups is 2.